The van der Waals surface area contributed by atoms with Crippen molar-refractivity contribution in [2.75, 3.05) is 20.2 Å². The summed E-state index contributed by atoms with van der Waals surface area (Å²) in [6.45, 7) is 1.35. The molecule has 1 aliphatic rings. The van der Waals surface area contributed by atoms with Crippen LogP contribution >= 0.6 is 0 Å². The SMILES string of the molecule is COc1ccc(C(=O)Oc2ccc(OCc3ccccc3)cc2)cc1S(=O)(=O)N1CCCC1. The van der Waals surface area contributed by atoms with E-state index in [1.54, 1.807) is 24.3 Å². The van der Waals surface area contributed by atoms with Crippen LogP contribution in [-0.2, 0) is 16.6 Å². The fraction of sp³-hybridized carbons (Fsp3) is 0.240. The Morgan fingerprint density at radius 3 is 2.24 bits per heavy atom. The molecule has 0 saturated carbocycles. The van der Waals surface area contributed by atoms with Crippen molar-refractivity contribution in [1.82, 2.24) is 4.31 Å². The molecule has 0 aromatic heterocycles. The Kier molecular flexibility index (Phi) is 6.96. The quantitative estimate of drug-likeness (QED) is 0.363. The molecule has 0 atom stereocenters. The van der Waals surface area contributed by atoms with E-state index >= 15 is 0 Å². The largest absolute Gasteiger partial charge is 0.495 e. The average Bonchev–Trinajstić information content (AvgIpc) is 3.40. The van der Waals surface area contributed by atoms with Gasteiger partial charge in [0.25, 0.3) is 0 Å². The molecule has 0 radical (unpaired) electrons. The van der Waals surface area contributed by atoms with Crippen LogP contribution in [0.25, 0.3) is 0 Å². The normalized spacial score (nSPS) is 14.1. The zero-order valence-corrected chi connectivity index (χ0v) is 19.1. The second kappa shape index (κ2) is 10.1. The highest BCUT2D eigenvalue weighted by Crippen LogP contribution is 2.30. The number of rotatable bonds is 8. The average molecular weight is 468 g/mol. The first-order chi connectivity index (χ1) is 16.0. The molecule has 0 amide bonds. The van der Waals surface area contributed by atoms with Gasteiger partial charge in [0.15, 0.2) is 0 Å². The van der Waals surface area contributed by atoms with Crippen molar-refractivity contribution in [3.63, 3.8) is 0 Å². The summed E-state index contributed by atoms with van der Waals surface area (Å²) in [5.41, 5.74) is 1.17. The highest BCUT2D eigenvalue weighted by Gasteiger charge is 2.31. The summed E-state index contributed by atoms with van der Waals surface area (Å²) in [5, 5.41) is 0. The zero-order valence-electron chi connectivity index (χ0n) is 18.3. The molecule has 8 heteroatoms. The lowest BCUT2D eigenvalue weighted by Gasteiger charge is -2.18. The van der Waals surface area contributed by atoms with Crippen LogP contribution in [0.4, 0.5) is 0 Å². The number of nitrogens with zero attached hydrogens (tertiary/aromatic N) is 1. The molecule has 0 spiro atoms. The van der Waals surface area contributed by atoms with Gasteiger partial charge in [0.2, 0.25) is 10.0 Å². The van der Waals surface area contributed by atoms with E-state index in [1.807, 2.05) is 30.3 Å². The van der Waals surface area contributed by atoms with E-state index in [4.69, 9.17) is 14.2 Å². The first kappa shape index (κ1) is 22.8. The predicted octanol–water partition coefficient (Wildman–Crippen LogP) is 4.28. The van der Waals surface area contributed by atoms with Gasteiger partial charge in [-0.1, -0.05) is 30.3 Å². The summed E-state index contributed by atoms with van der Waals surface area (Å²) < 4.78 is 43.9. The minimum Gasteiger partial charge on any atom is -0.495 e. The fourth-order valence-electron chi connectivity index (χ4n) is 3.58. The van der Waals surface area contributed by atoms with Crippen LogP contribution < -0.4 is 14.2 Å². The van der Waals surface area contributed by atoms with Crippen molar-refractivity contribution in [2.45, 2.75) is 24.3 Å². The van der Waals surface area contributed by atoms with Crippen molar-refractivity contribution in [3.8, 4) is 17.2 Å². The van der Waals surface area contributed by atoms with Crippen LogP contribution in [-0.4, -0.2) is 38.9 Å². The monoisotopic (exact) mass is 467 g/mol. The van der Waals surface area contributed by atoms with Crippen LogP contribution in [0.3, 0.4) is 0 Å². The van der Waals surface area contributed by atoms with E-state index in [-0.39, 0.29) is 16.2 Å². The number of carbonyl (C=O) groups excluding carboxylic acids is 1. The summed E-state index contributed by atoms with van der Waals surface area (Å²) >= 11 is 0. The predicted molar refractivity (Wildman–Crippen MR) is 123 cm³/mol. The standard InChI is InChI=1S/C25H25NO6S/c1-30-23-14-9-20(17-24(23)33(28,29)26-15-5-6-16-26)25(27)32-22-12-10-21(11-13-22)31-18-19-7-3-2-4-8-19/h2-4,7-14,17H,5-6,15-16,18H2,1H3. The molecule has 7 nitrogen and oxygen atoms in total. The van der Waals surface area contributed by atoms with Gasteiger partial charge in [-0.05, 0) is 60.9 Å². The van der Waals surface area contributed by atoms with Crippen LogP contribution in [0, 0.1) is 0 Å². The molecule has 1 aliphatic heterocycles. The molecule has 172 valence electrons. The lowest BCUT2D eigenvalue weighted by atomic mass is 10.2. The topological polar surface area (TPSA) is 82.1 Å². The Morgan fingerprint density at radius 1 is 0.909 bits per heavy atom. The molecule has 1 heterocycles. The second-order valence-corrected chi connectivity index (χ2v) is 9.52. The van der Waals surface area contributed by atoms with Crippen LogP contribution in [0.5, 0.6) is 17.2 Å². The van der Waals surface area contributed by atoms with Crippen molar-refractivity contribution in [3.05, 3.63) is 83.9 Å². The molecule has 0 bridgehead atoms. The fourth-order valence-corrected chi connectivity index (χ4v) is 5.28. The molecular weight excluding hydrogens is 442 g/mol. The van der Waals surface area contributed by atoms with Gasteiger partial charge >= 0.3 is 5.97 Å². The van der Waals surface area contributed by atoms with Gasteiger partial charge in [-0.25, -0.2) is 13.2 Å². The Hall–Kier alpha value is -3.36. The third-order valence-corrected chi connectivity index (χ3v) is 7.28. The molecule has 0 aliphatic carbocycles. The van der Waals surface area contributed by atoms with E-state index in [0.29, 0.717) is 31.2 Å². The Labute approximate surface area is 193 Å². The summed E-state index contributed by atoms with van der Waals surface area (Å²) in [5.74, 6) is 0.501. The maximum absolute atomic E-state index is 13.0. The highest BCUT2D eigenvalue weighted by atomic mass is 32.2. The lowest BCUT2D eigenvalue weighted by molar-refractivity contribution is 0.0734. The number of carbonyl (C=O) groups is 1. The van der Waals surface area contributed by atoms with Crippen LogP contribution in [0.15, 0.2) is 77.7 Å². The minimum atomic E-state index is -3.76. The summed E-state index contributed by atoms with van der Waals surface area (Å²) in [6.07, 6.45) is 1.63. The van der Waals surface area contributed by atoms with Gasteiger partial charge in [0, 0.05) is 13.1 Å². The number of sulfonamides is 1. The van der Waals surface area contributed by atoms with Gasteiger partial charge in [0.1, 0.15) is 28.8 Å². The summed E-state index contributed by atoms with van der Waals surface area (Å²) in [6, 6.07) is 20.7. The van der Waals surface area contributed by atoms with Gasteiger partial charge in [-0.3, -0.25) is 0 Å². The maximum atomic E-state index is 13.0. The molecule has 1 saturated heterocycles. The van der Waals surface area contributed by atoms with E-state index in [9.17, 15) is 13.2 Å². The zero-order chi connectivity index (χ0) is 23.3. The third-order valence-electron chi connectivity index (χ3n) is 5.36. The van der Waals surface area contributed by atoms with E-state index in [0.717, 1.165) is 18.4 Å². The molecule has 1 fully saturated rings. The number of methoxy groups -OCH3 is 1. The molecule has 3 aromatic rings. The van der Waals surface area contributed by atoms with E-state index < -0.39 is 16.0 Å². The van der Waals surface area contributed by atoms with Gasteiger partial charge < -0.3 is 14.2 Å². The highest BCUT2D eigenvalue weighted by molar-refractivity contribution is 7.89. The van der Waals surface area contributed by atoms with Crippen LogP contribution in [0.2, 0.25) is 0 Å². The molecule has 3 aromatic carbocycles. The van der Waals surface area contributed by atoms with E-state index in [1.165, 1.54) is 29.6 Å². The van der Waals surface area contributed by atoms with Crippen molar-refractivity contribution in [1.29, 1.82) is 0 Å². The van der Waals surface area contributed by atoms with Crippen molar-refractivity contribution >= 4 is 16.0 Å². The first-order valence-corrected chi connectivity index (χ1v) is 12.1. The Balaban J connectivity index is 1.46. The van der Waals surface area contributed by atoms with Gasteiger partial charge in [0.05, 0.1) is 12.7 Å². The number of hydrogen-bond donors (Lipinski definition) is 0. The summed E-state index contributed by atoms with van der Waals surface area (Å²) in [4.78, 5) is 12.7. The number of esters is 1. The molecule has 33 heavy (non-hydrogen) atoms. The minimum absolute atomic E-state index is 0.0361. The maximum Gasteiger partial charge on any atom is 0.343 e. The first-order valence-electron chi connectivity index (χ1n) is 10.6. The number of hydrogen-bond acceptors (Lipinski definition) is 6. The molecule has 0 unspecified atom stereocenters. The molecule has 0 N–H and O–H groups in total. The number of ether oxygens (including phenoxy) is 3. The summed E-state index contributed by atoms with van der Waals surface area (Å²) in [7, 11) is -2.36. The number of benzene rings is 3. The van der Waals surface area contributed by atoms with E-state index in [2.05, 4.69) is 0 Å². The second-order valence-electron chi connectivity index (χ2n) is 7.61. The Bertz CT molecular complexity index is 1200. The molecular formula is C25H25NO6S. The van der Waals surface area contributed by atoms with Crippen LogP contribution in [0.1, 0.15) is 28.8 Å². The lowest BCUT2D eigenvalue weighted by Crippen LogP contribution is -2.28. The van der Waals surface area contributed by atoms with Crippen molar-refractivity contribution in [2.24, 2.45) is 0 Å². The Morgan fingerprint density at radius 2 is 1.58 bits per heavy atom. The molecule has 4 rings (SSSR count). The smallest absolute Gasteiger partial charge is 0.343 e. The van der Waals surface area contributed by atoms with Crippen molar-refractivity contribution < 1.29 is 27.4 Å². The third kappa shape index (κ3) is 5.35. The van der Waals surface area contributed by atoms with Gasteiger partial charge in [-0.15, -0.1) is 0 Å². The van der Waals surface area contributed by atoms with Gasteiger partial charge in [-0.2, -0.15) is 4.31 Å².